The highest BCUT2D eigenvalue weighted by Crippen LogP contribution is 2.53. The van der Waals surface area contributed by atoms with E-state index in [0.29, 0.717) is 0 Å². The molecule has 0 aromatic rings. The summed E-state index contributed by atoms with van der Waals surface area (Å²) in [4.78, 5) is 10.4. The molecule has 0 amide bonds. The Morgan fingerprint density at radius 1 is 1.32 bits per heavy atom. The lowest BCUT2D eigenvalue weighted by Gasteiger charge is -2.29. The van der Waals surface area contributed by atoms with Gasteiger partial charge in [-0.3, -0.25) is 14.7 Å². The van der Waals surface area contributed by atoms with Crippen LogP contribution < -0.4 is 0 Å². The monoisotopic (exact) mass is 339 g/mol. The van der Waals surface area contributed by atoms with E-state index in [-0.39, 0.29) is 0 Å². The van der Waals surface area contributed by atoms with Gasteiger partial charge in [0.15, 0.2) is 12.1 Å². The van der Waals surface area contributed by atoms with Crippen LogP contribution in [-0.4, -0.2) is 68.4 Å². The molecule has 0 saturated carbocycles. The summed E-state index contributed by atoms with van der Waals surface area (Å²) in [5.74, 6) is -0.863. The summed E-state index contributed by atoms with van der Waals surface area (Å²) in [7, 11) is -0.557. The van der Waals surface area contributed by atoms with Crippen molar-refractivity contribution in [3.63, 3.8) is 0 Å². The highest BCUT2D eigenvalue weighted by molar-refractivity contribution is 7.59. The van der Waals surface area contributed by atoms with Gasteiger partial charge in [0.1, 0.15) is 24.0 Å². The van der Waals surface area contributed by atoms with Crippen molar-refractivity contribution in [3.05, 3.63) is 10.1 Å². The summed E-state index contributed by atoms with van der Waals surface area (Å²) in [6.45, 7) is 4.29. The van der Waals surface area contributed by atoms with Gasteiger partial charge in [0.25, 0.3) is 0 Å². The van der Waals surface area contributed by atoms with Crippen LogP contribution in [0.1, 0.15) is 13.8 Å². The van der Waals surface area contributed by atoms with Crippen LogP contribution in [0.3, 0.4) is 0 Å². The number of ether oxygens (including phenoxy) is 4. The summed E-state index contributed by atoms with van der Waals surface area (Å²) in [5, 5.41) is 11.0. The SMILES string of the molecule is CO[C@H]1O[C@H](C(C[N+](=O)[O-])P(C)(=O)OC)[C@@H]2OC(C)(C)O[C@H]12. The molecule has 2 heterocycles. The number of rotatable bonds is 6. The van der Waals surface area contributed by atoms with Gasteiger partial charge in [-0.2, -0.15) is 0 Å². The third kappa shape index (κ3) is 3.34. The smallest absolute Gasteiger partial charge is 0.218 e. The summed E-state index contributed by atoms with van der Waals surface area (Å²) < 4.78 is 40.1. The molecule has 0 N–H and O–H groups in total. The van der Waals surface area contributed by atoms with E-state index in [1.54, 1.807) is 13.8 Å². The second kappa shape index (κ2) is 6.14. The molecule has 22 heavy (non-hydrogen) atoms. The molecule has 2 saturated heterocycles. The zero-order valence-corrected chi connectivity index (χ0v) is 14.1. The lowest BCUT2D eigenvalue weighted by atomic mass is 10.1. The molecule has 0 bridgehead atoms. The molecule has 10 heteroatoms. The van der Waals surface area contributed by atoms with Crippen molar-refractivity contribution in [2.75, 3.05) is 27.4 Å². The maximum absolute atomic E-state index is 12.6. The molecule has 0 aliphatic carbocycles. The van der Waals surface area contributed by atoms with Crippen molar-refractivity contribution in [3.8, 4) is 0 Å². The minimum Gasteiger partial charge on any atom is -0.353 e. The summed E-state index contributed by atoms with van der Waals surface area (Å²) in [6, 6.07) is 0. The van der Waals surface area contributed by atoms with Gasteiger partial charge in [0.05, 0.1) is 0 Å². The van der Waals surface area contributed by atoms with Gasteiger partial charge in [-0.1, -0.05) is 0 Å². The number of methoxy groups -OCH3 is 1. The Kier molecular flexibility index (Phi) is 4.97. The van der Waals surface area contributed by atoms with Gasteiger partial charge in [-0.05, 0) is 13.8 Å². The zero-order chi connectivity index (χ0) is 16.7. The molecule has 0 aromatic heterocycles. The van der Waals surface area contributed by atoms with Crippen LogP contribution in [0.25, 0.3) is 0 Å². The Morgan fingerprint density at radius 3 is 2.41 bits per heavy atom. The Labute approximate surface area is 128 Å². The highest BCUT2D eigenvalue weighted by Gasteiger charge is 2.60. The molecule has 6 atom stereocenters. The van der Waals surface area contributed by atoms with E-state index in [1.807, 2.05) is 0 Å². The van der Waals surface area contributed by atoms with Crippen LogP contribution in [0.2, 0.25) is 0 Å². The minimum absolute atomic E-state index is 0.528. The lowest BCUT2D eigenvalue weighted by Crippen LogP contribution is -2.42. The van der Waals surface area contributed by atoms with Gasteiger partial charge in [0.2, 0.25) is 13.9 Å². The standard InChI is InChI=1S/C12H22NO8P/c1-12(2)20-9-8(19-11(17-3)10(9)21-12)7(6-13(14)15)22(5,16)18-4/h7-11H,6H2,1-5H3/t7?,8-,9+,10+,11+,22?/m1/s1. The Bertz CT molecular complexity index is 484. The summed E-state index contributed by atoms with van der Waals surface area (Å²) in [5.41, 5.74) is -0.947. The summed E-state index contributed by atoms with van der Waals surface area (Å²) >= 11 is 0. The number of nitro groups is 1. The van der Waals surface area contributed by atoms with Gasteiger partial charge in [0, 0.05) is 25.8 Å². The van der Waals surface area contributed by atoms with Crippen LogP contribution in [0, 0.1) is 10.1 Å². The Morgan fingerprint density at radius 2 is 1.91 bits per heavy atom. The predicted molar refractivity (Wildman–Crippen MR) is 75.7 cm³/mol. The van der Waals surface area contributed by atoms with Crippen molar-refractivity contribution < 1.29 is 33.0 Å². The molecule has 2 aliphatic heterocycles. The van der Waals surface area contributed by atoms with Crippen molar-refractivity contribution in [1.29, 1.82) is 0 Å². The second-order valence-corrected chi connectivity index (χ2v) is 8.79. The maximum Gasteiger partial charge on any atom is 0.218 e. The molecule has 2 unspecified atom stereocenters. The fourth-order valence-electron chi connectivity index (χ4n) is 2.90. The van der Waals surface area contributed by atoms with Crippen LogP contribution in [-0.2, 0) is 28.0 Å². The number of nitrogens with zero attached hydrogens (tertiary/aromatic N) is 1. The number of hydrogen-bond donors (Lipinski definition) is 0. The van der Waals surface area contributed by atoms with Crippen molar-refractivity contribution >= 4 is 7.37 Å². The highest BCUT2D eigenvalue weighted by atomic mass is 31.2. The molecule has 0 spiro atoms. The third-order valence-electron chi connectivity index (χ3n) is 3.96. The normalized spacial score (nSPS) is 37.5. The molecular weight excluding hydrogens is 317 g/mol. The molecule has 2 fully saturated rings. The number of hydrogen-bond acceptors (Lipinski definition) is 8. The largest absolute Gasteiger partial charge is 0.353 e. The Balaban J connectivity index is 2.31. The van der Waals surface area contributed by atoms with Crippen molar-refractivity contribution in [2.24, 2.45) is 0 Å². The fraction of sp³-hybridized carbons (Fsp3) is 1.00. The van der Waals surface area contributed by atoms with Gasteiger partial charge in [-0.25, -0.2) is 0 Å². The average Bonchev–Trinajstić information content (AvgIpc) is 2.88. The van der Waals surface area contributed by atoms with Crippen LogP contribution >= 0.6 is 7.37 Å². The maximum atomic E-state index is 12.6. The minimum atomic E-state index is -3.27. The van der Waals surface area contributed by atoms with E-state index in [0.717, 1.165) is 0 Å². The molecule has 2 aliphatic rings. The van der Waals surface area contributed by atoms with Crippen LogP contribution in [0.4, 0.5) is 0 Å². The molecule has 2 rings (SSSR count). The topological polar surface area (TPSA) is 106 Å². The van der Waals surface area contributed by atoms with E-state index in [4.69, 9.17) is 23.5 Å². The van der Waals surface area contributed by atoms with E-state index in [9.17, 15) is 14.7 Å². The first-order chi connectivity index (χ1) is 10.1. The fourth-order valence-corrected chi connectivity index (χ4v) is 4.37. The van der Waals surface area contributed by atoms with Crippen molar-refractivity contribution in [2.45, 2.75) is 49.9 Å². The predicted octanol–water partition coefficient (Wildman–Crippen LogP) is 1.08. The second-order valence-electron chi connectivity index (χ2n) is 5.94. The van der Waals surface area contributed by atoms with E-state index in [1.165, 1.54) is 20.9 Å². The molecule has 9 nitrogen and oxygen atoms in total. The average molecular weight is 339 g/mol. The number of fused-ring (bicyclic) bond motifs is 1. The first-order valence-corrected chi connectivity index (χ1v) is 9.04. The first kappa shape index (κ1) is 17.8. The molecular formula is C12H22NO8P. The van der Waals surface area contributed by atoms with Crippen molar-refractivity contribution in [1.82, 2.24) is 0 Å². The van der Waals surface area contributed by atoms with Gasteiger partial charge < -0.3 is 23.5 Å². The van der Waals surface area contributed by atoms with Gasteiger partial charge >= 0.3 is 0 Å². The third-order valence-corrected chi connectivity index (χ3v) is 6.35. The van der Waals surface area contributed by atoms with Crippen LogP contribution in [0.5, 0.6) is 0 Å². The Hall–Kier alpha value is -0.570. The zero-order valence-electron chi connectivity index (χ0n) is 13.3. The molecule has 0 aromatic carbocycles. The lowest BCUT2D eigenvalue weighted by molar-refractivity contribution is -0.481. The molecule has 0 radical (unpaired) electrons. The van der Waals surface area contributed by atoms with E-state index < -0.39 is 54.9 Å². The first-order valence-electron chi connectivity index (χ1n) is 6.90. The summed E-state index contributed by atoms with van der Waals surface area (Å²) in [6.07, 6.45) is -2.68. The van der Waals surface area contributed by atoms with E-state index >= 15 is 0 Å². The van der Waals surface area contributed by atoms with Crippen LogP contribution in [0.15, 0.2) is 0 Å². The molecule has 128 valence electrons. The quantitative estimate of drug-likeness (QED) is 0.402. The van der Waals surface area contributed by atoms with E-state index in [2.05, 4.69) is 0 Å². The van der Waals surface area contributed by atoms with Gasteiger partial charge in [-0.15, -0.1) is 0 Å².